The molecule has 0 saturated heterocycles. The summed E-state index contributed by atoms with van der Waals surface area (Å²) in [7, 11) is 0. The van der Waals surface area contributed by atoms with Crippen molar-refractivity contribution in [2.45, 2.75) is 39.7 Å². The van der Waals surface area contributed by atoms with Crippen molar-refractivity contribution in [2.75, 3.05) is 5.32 Å². The van der Waals surface area contributed by atoms with Crippen molar-refractivity contribution in [2.24, 2.45) is 5.41 Å². The van der Waals surface area contributed by atoms with E-state index in [-0.39, 0.29) is 5.41 Å². The van der Waals surface area contributed by atoms with Crippen molar-refractivity contribution in [1.29, 1.82) is 0 Å². The predicted octanol–water partition coefficient (Wildman–Crippen LogP) is 6.67. The zero-order chi connectivity index (χ0) is 18.4. The third-order valence-electron chi connectivity index (χ3n) is 4.99. The first-order valence-corrected chi connectivity index (χ1v) is 9.44. The number of nitrogens with one attached hydrogen (secondary N) is 1. The Morgan fingerprint density at radius 1 is 0.692 bits per heavy atom. The Morgan fingerprint density at radius 2 is 1.23 bits per heavy atom. The maximum absolute atomic E-state index is 3.67. The SMILES string of the molecule is CC(C)(C)C(Cc1ccccc1)c1ccccc1NCc1ccccc1. The highest BCUT2D eigenvalue weighted by Crippen LogP contribution is 2.40. The van der Waals surface area contributed by atoms with E-state index in [2.05, 4.69) is 111 Å². The molecule has 0 aliphatic carbocycles. The molecule has 26 heavy (non-hydrogen) atoms. The van der Waals surface area contributed by atoms with Crippen molar-refractivity contribution in [3.8, 4) is 0 Å². The average molecular weight is 344 g/mol. The first kappa shape index (κ1) is 18.3. The summed E-state index contributed by atoms with van der Waals surface area (Å²) in [6.07, 6.45) is 1.05. The van der Waals surface area contributed by atoms with E-state index in [1.807, 2.05) is 0 Å². The van der Waals surface area contributed by atoms with Crippen LogP contribution in [0.2, 0.25) is 0 Å². The van der Waals surface area contributed by atoms with Crippen LogP contribution in [0.3, 0.4) is 0 Å². The molecule has 1 heteroatoms. The number of benzene rings is 3. The van der Waals surface area contributed by atoms with Crippen LogP contribution in [0, 0.1) is 5.41 Å². The monoisotopic (exact) mass is 343 g/mol. The van der Waals surface area contributed by atoms with Crippen LogP contribution in [0.15, 0.2) is 84.9 Å². The average Bonchev–Trinajstić information content (AvgIpc) is 2.66. The summed E-state index contributed by atoms with van der Waals surface area (Å²) in [5.41, 5.74) is 5.52. The highest BCUT2D eigenvalue weighted by Gasteiger charge is 2.28. The van der Waals surface area contributed by atoms with E-state index in [9.17, 15) is 0 Å². The fourth-order valence-electron chi connectivity index (χ4n) is 3.49. The second-order valence-corrected chi connectivity index (χ2v) is 8.03. The zero-order valence-electron chi connectivity index (χ0n) is 16.1. The molecule has 0 spiro atoms. The van der Waals surface area contributed by atoms with Crippen molar-refractivity contribution >= 4 is 5.69 Å². The van der Waals surface area contributed by atoms with Gasteiger partial charge in [-0.05, 0) is 40.5 Å². The largest absolute Gasteiger partial charge is 0.381 e. The van der Waals surface area contributed by atoms with Gasteiger partial charge in [-0.25, -0.2) is 0 Å². The molecular weight excluding hydrogens is 314 g/mol. The first-order valence-electron chi connectivity index (χ1n) is 9.44. The molecule has 0 bridgehead atoms. The van der Waals surface area contributed by atoms with E-state index in [4.69, 9.17) is 0 Å². The van der Waals surface area contributed by atoms with Crippen LogP contribution >= 0.6 is 0 Å². The number of rotatable bonds is 6. The van der Waals surface area contributed by atoms with Crippen LogP contribution in [-0.4, -0.2) is 0 Å². The summed E-state index contributed by atoms with van der Waals surface area (Å²) < 4.78 is 0. The first-order chi connectivity index (χ1) is 12.5. The highest BCUT2D eigenvalue weighted by molar-refractivity contribution is 5.54. The number of hydrogen-bond acceptors (Lipinski definition) is 1. The third kappa shape index (κ3) is 4.76. The van der Waals surface area contributed by atoms with Gasteiger partial charge in [-0.2, -0.15) is 0 Å². The summed E-state index contributed by atoms with van der Waals surface area (Å²) >= 11 is 0. The van der Waals surface area contributed by atoms with Crippen LogP contribution in [0.1, 0.15) is 43.4 Å². The van der Waals surface area contributed by atoms with E-state index in [1.165, 1.54) is 22.4 Å². The molecule has 3 aromatic rings. The maximum atomic E-state index is 3.67. The normalized spacial score (nSPS) is 12.6. The summed E-state index contributed by atoms with van der Waals surface area (Å²) in [6.45, 7) is 7.87. The molecule has 0 fully saturated rings. The smallest absolute Gasteiger partial charge is 0.0400 e. The molecule has 1 unspecified atom stereocenters. The van der Waals surface area contributed by atoms with Gasteiger partial charge in [-0.15, -0.1) is 0 Å². The van der Waals surface area contributed by atoms with Crippen LogP contribution in [0.5, 0.6) is 0 Å². The molecule has 0 radical (unpaired) electrons. The minimum absolute atomic E-state index is 0.181. The standard InChI is InChI=1S/C25H29N/c1-25(2,3)23(18-20-12-6-4-7-13-20)22-16-10-11-17-24(22)26-19-21-14-8-5-9-15-21/h4-17,23,26H,18-19H2,1-3H3. The Balaban J connectivity index is 1.87. The van der Waals surface area contributed by atoms with Crippen molar-refractivity contribution < 1.29 is 0 Å². The van der Waals surface area contributed by atoms with Crippen molar-refractivity contribution in [3.05, 3.63) is 102 Å². The molecule has 134 valence electrons. The third-order valence-corrected chi connectivity index (χ3v) is 4.99. The van der Waals surface area contributed by atoms with Crippen molar-refractivity contribution in [3.63, 3.8) is 0 Å². The Morgan fingerprint density at radius 3 is 1.85 bits per heavy atom. The van der Waals surface area contributed by atoms with Gasteiger partial charge in [0, 0.05) is 12.2 Å². The molecule has 1 atom stereocenters. The lowest BCUT2D eigenvalue weighted by molar-refractivity contribution is 0.318. The van der Waals surface area contributed by atoms with Gasteiger partial charge in [0.25, 0.3) is 0 Å². The topological polar surface area (TPSA) is 12.0 Å². The van der Waals surface area contributed by atoms with E-state index < -0.39 is 0 Å². The lowest BCUT2D eigenvalue weighted by Gasteiger charge is -2.33. The van der Waals surface area contributed by atoms with E-state index in [1.54, 1.807) is 0 Å². The van der Waals surface area contributed by atoms with E-state index >= 15 is 0 Å². The summed E-state index contributed by atoms with van der Waals surface area (Å²) in [6, 6.07) is 30.2. The minimum Gasteiger partial charge on any atom is -0.381 e. The van der Waals surface area contributed by atoms with Crippen molar-refractivity contribution in [1.82, 2.24) is 0 Å². The molecule has 1 N–H and O–H groups in total. The summed E-state index contributed by atoms with van der Waals surface area (Å²) in [4.78, 5) is 0. The fraction of sp³-hybridized carbons (Fsp3) is 0.280. The molecule has 0 aliphatic rings. The Labute approximate surface area is 158 Å². The molecule has 0 aromatic heterocycles. The lowest BCUT2D eigenvalue weighted by Crippen LogP contribution is -2.22. The van der Waals surface area contributed by atoms with Gasteiger partial charge in [-0.3, -0.25) is 0 Å². The molecule has 0 aliphatic heterocycles. The zero-order valence-corrected chi connectivity index (χ0v) is 16.1. The van der Waals surface area contributed by atoms with Gasteiger partial charge in [0.1, 0.15) is 0 Å². The summed E-state index contributed by atoms with van der Waals surface area (Å²) in [5, 5.41) is 3.67. The number of hydrogen-bond donors (Lipinski definition) is 1. The van der Waals surface area contributed by atoms with Crippen LogP contribution in [0.4, 0.5) is 5.69 Å². The minimum atomic E-state index is 0.181. The Kier molecular flexibility index (Phi) is 5.78. The molecule has 0 heterocycles. The van der Waals surface area contributed by atoms with E-state index in [0.29, 0.717) is 5.92 Å². The van der Waals surface area contributed by atoms with Gasteiger partial charge in [0.05, 0.1) is 0 Å². The molecular formula is C25H29N. The molecule has 1 nitrogen and oxygen atoms in total. The second-order valence-electron chi connectivity index (χ2n) is 8.03. The van der Waals surface area contributed by atoms with Crippen LogP contribution in [0.25, 0.3) is 0 Å². The fourth-order valence-corrected chi connectivity index (χ4v) is 3.49. The highest BCUT2D eigenvalue weighted by atomic mass is 14.9. The molecule has 3 rings (SSSR count). The van der Waals surface area contributed by atoms with Gasteiger partial charge >= 0.3 is 0 Å². The predicted molar refractivity (Wildman–Crippen MR) is 113 cm³/mol. The number of anilines is 1. The van der Waals surface area contributed by atoms with Crippen LogP contribution in [-0.2, 0) is 13.0 Å². The van der Waals surface area contributed by atoms with Gasteiger partial charge in [0.2, 0.25) is 0 Å². The Bertz CT molecular complexity index is 800. The van der Waals surface area contributed by atoms with E-state index in [0.717, 1.165) is 13.0 Å². The van der Waals surface area contributed by atoms with Crippen LogP contribution < -0.4 is 5.32 Å². The number of para-hydroxylation sites is 1. The molecule has 0 saturated carbocycles. The quantitative estimate of drug-likeness (QED) is 0.527. The second kappa shape index (κ2) is 8.23. The Hall–Kier alpha value is -2.54. The lowest BCUT2D eigenvalue weighted by atomic mass is 9.73. The maximum Gasteiger partial charge on any atom is 0.0400 e. The molecule has 3 aromatic carbocycles. The van der Waals surface area contributed by atoms with Gasteiger partial charge in [-0.1, -0.05) is 99.6 Å². The van der Waals surface area contributed by atoms with Gasteiger partial charge < -0.3 is 5.32 Å². The van der Waals surface area contributed by atoms with Gasteiger partial charge in [0.15, 0.2) is 0 Å². The summed E-state index contributed by atoms with van der Waals surface area (Å²) in [5.74, 6) is 0.448. The molecule has 0 amide bonds.